The Labute approximate surface area is 100 Å². The summed E-state index contributed by atoms with van der Waals surface area (Å²) in [7, 11) is 0. The highest BCUT2D eigenvalue weighted by atomic mass is 16.4. The lowest BCUT2D eigenvalue weighted by Gasteiger charge is -2.08. The molecule has 3 heteroatoms. The van der Waals surface area contributed by atoms with Crippen LogP contribution in [0.25, 0.3) is 0 Å². The molecule has 0 unspecified atom stereocenters. The number of oxime groups is 1. The van der Waals surface area contributed by atoms with Crippen LogP contribution < -0.4 is 0 Å². The van der Waals surface area contributed by atoms with Gasteiger partial charge in [0.15, 0.2) is 0 Å². The molecule has 1 aromatic heterocycles. The van der Waals surface area contributed by atoms with E-state index in [0.717, 1.165) is 11.1 Å². The molecule has 2 aromatic rings. The van der Waals surface area contributed by atoms with Crippen molar-refractivity contribution in [2.45, 2.75) is 13.8 Å². The van der Waals surface area contributed by atoms with Crippen molar-refractivity contribution in [1.82, 2.24) is 4.98 Å². The van der Waals surface area contributed by atoms with Crippen LogP contribution in [0.1, 0.15) is 22.4 Å². The molecule has 0 aliphatic carbocycles. The Bertz CT molecular complexity index is 547. The predicted octanol–water partition coefficient (Wildman–Crippen LogP) is 2.93. The van der Waals surface area contributed by atoms with Crippen LogP contribution in [0.3, 0.4) is 0 Å². The maximum absolute atomic E-state index is 9.17. The van der Waals surface area contributed by atoms with Gasteiger partial charge in [0.05, 0.1) is 5.69 Å². The summed E-state index contributed by atoms with van der Waals surface area (Å²) in [5.41, 5.74) is 4.33. The summed E-state index contributed by atoms with van der Waals surface area (Å²) in [6, 6.07) is 11.5. The van der Waals surface area contributed by atoms with Gasteiger partial charge in [-0.05, 0) is 31.5 Å². The second-order valence-electron chi connectivity index (χ2n) is 3.98. The molecule has 0 amide bonds. The third kappa shape index (κ3) is 2.33. The standard InChI is InChI=1S/C14H14N2O/c1-10-6-7-12(11(2)9-10)14(16-17)13-5-3-4-8-15-13/h3-9,17H,1-2H3/b16-14+. The number of hydrogen-bond acceptors (Lipinski definition) is 3. The van der Waals surface area contributed by atoms with Crippen LogP contribution in [0.15, 0.2) is 47.8 Å². The van der Waals surface area contributed by atoms with Crippen LogP contribution >= 0.6 is 0 Å². The molecule has 86 valence electrons. The maximum atomic E-state index is 9.17. The number of aromatic nitrogens is 1. The van der Waals surface area contributed by atoms with Crippen molar-refractivity contribution >= 4 is 5.71 Å². The van der Waals surface area contributed by atoms with E-state index in [0.29, 0.717) is 11.4 Å². The molecule has 0 saturated heterocycles. The van der Waals surface area contributed by atoms with Gasteiger partial charge in [0.25, 0.3) is 0 Å². The molecule has 0 fully saturated rings. The zero-order chi connectivity index (χ0) is 12.3. The zero-order valence-corrected chi connectivity index (χ0v) is 9.88. The first-order chi connectivity index (χ1) is 8.22. The van der Waals surface area contributed by atoms with Gasteiger partial charge >= 0.3 is 0 Å². The first-order valence-electron chi connectivity index (χ1n) is 5.43. The van der Waals surface area contributed by atoms with E-state index in [1.165, 1.54) is 5.56 Å². The van der Waals surface area contributed by atoms with Gasteiger partial charge in [0.2, 0.25) is 0 Å². The molecule has 1 N–H and O–H groups in total. The van der Waals surface area contributed by atoms with Gasteiger partial charge < -0.3 is 5.21 Å². The summed E-state index contributed by atoms with van der Waals surface area (Å²) >= 11 is 0. The number of pyridine rings is 1. The number of rotatable bonds is 2. The Kier molecular flexibility index (Phi) is 3.19. The summed E-state index contributed by atoms with van der Waals surface area (Å²) in [6.07, 6.45) is 1.68. The van der Waals surface area contributed by atoms with Crippen LogP contribution in [0, 0.1) is 13.8 Å². The van der Waals surface area contributed by atoms with Crippen LogP contribution in [-0.4, -0.2) is 15.9 Å². The summed E-state index contributed by atoms with van der Waals surface area (Å²) in [4.78, 5) is 4.20. The summed E-state index contributed by atoms with van der Waals surface area (Å²) in [5.74, 6) is 0. The van der Waals surface area contributed by atoms with E-state index < -0.39 is 0 Å². The molecule has 0 aliphatic rings. The smallest absolute Gasteiger partial charge is 0.135 e. The van der Waals surface area contributed by atoms with Crippen LogP contribution in [0.2, 0.25) is 0 Å². The minimum absolute atomic E-state index is 0.503. The molecule has 1 heterocycles. The lowest BCUT2D eigenvalue weighted by atomic mass is 9.99. The normalized spacial score (nSPS) is 11.5. The lowest BCUT2D eigenvalue weighted by molar-refractivity contribution is 0.319. The Hall–Kier alpha value is -2.16. The van der Waals surface area contributed by atoms with Crippen molar-refractivity contribution in [1.29, 1.82) is 0 Å². The molecule has 0 aliphatic heterocycles. The van der Waals surface area contributed by atoms with E-state index in [2.05, 4.69) is 16.2 Å². The number of benzene rings is 1. The van der Waals surface area contributed by atoms with Crippen molar-refractivity contribution in [2.75, 3.05) is 0 Å². The van der Waals surface area contributed by atoms with Gasteiger partial charge in [-0.2, -0.15) is 0 Å². The monoisotopic (exact) mass is 226 g/mol. The van der Waals surface area contributed by atoms with Crippen molar-refractivity contribution in [3.05, 3.63) is 65.0 Å². The molecule has 0 atom stereocenters. The van der Waals surface area contributed by atoms with Crippen molar-refractivity contribution in [3.8, 4) is 0 Å². The second kappa shape index (κ2) is 4.78. The maximum Gasteiger partial charge on any atom is 0.135 e. The Morgan fingerprint density at radius 3 is 2.59 bits per heavy atom. The fraction of sp³-hybridized carbons (Fsp3) is 0.143. The van der Waals surface area contributed by atoms with Crippen molar-refractivity contribution < 1.29 is 5.21 Å². The molecule has 0 saturated carbocycles. The van der Waals surface area contributed by atoms with Gasteiger partial charge in [-0.15, -0.1) is 0 Å². The molecule has 3 nitrogen and oxygen atoms in total. The van der Waals surface area contributed by atoms with E-state index >= 15 is 0 Å². The molecular formula is C14H14N2O. The highest BCUT2D eigenvalue weighted by Crippen LogP contribution is 2.15. The SMILES string of the molecule is Cc1ccc(/C(=N\O)c2ccccn2)c(C)c1. The van der Waals surface area contributed by atoms with E-state index in [-0.39, 0.29) is 0 Å². The van der Waals surface area contributed by atoms with Gasteiger partial charge in [-0.25, -0.2) is 0 Å². The Balaban J connectivity index is 2.51. The molecule has 0 radical (unpaired) electrons. The Morgan fingerprint density at radius 2 is 2.00 bits per heavy atom. The molecule has 0 spiro atoms. The first-order valence-corrected chi connectivity index (χ1v) is 5.43. The number of hydrogen-bond donors (Lipinski definition) is 1. The van der Waals surface area contributed by atoms with Gasteiger partial charge in [0.1, 0.15) is 5.71 Å². The minimum atomic E-state index is 0.503. The fourth-order valence-electron chi connectivity index (χ4n) is 1.83. The van der Waals surface area contributed by atoms with Gasteiger partial charge in [-0.1, -0.05) is 35.0 Å². The van der Waals surface area contributed by atoms with Gasteiger partial charge in [-0.3, -0.25) is 4.98 Å². The predicted molar refractivity (Wildman–Crippen MR) is 67.6 cm³/mol. The second-order valence-corrected chi connectivity index (χ2v) is 3.98. The van der Waals surface area contributed by atoms with Crippen molar-refractivity contribution in [3.63, 3.8) is 0 Å². The first kappa shape index (κ1) is 11.3. The van der Waals surface area contributed by atoms with Crippen LogP contribution in [0.5, 0.6) is 0 Å². The molecule has 2 rings (SSSR count). The Morgan fingerprint density at radius 1 is 1.18 bits per heavy atom. The molecule has 0 bridgehead atoms. The molecule has 17 heavy (non-hydrogen) atoms. The van der Waals surface area contributed by atoms with E-state index in [1.54, 1.807) is 6.20 Å². The van der Waals surface area contributed by atoms with Gasteiger partial charge in [0, 0.05) is 11.8 Å². The third-order valence-electron chi connectivity index (χ3n) is 2.64. The third-order valence-corrected chi connectivity index (χ3v) is 2.64. The minimum Gasteiger partial charge on any atom is -0.410 e. The van der Waals surface area contributed by atoms with Crippen LogP contribution in [-0.2, 0) is 0 Å². The average molecular weight is 226 g/mol. The topological polar surface area (TPSA) is 45.5 Å². The highest BCUT2D eigenvalue weighted by molar-refractivity contribution is 6.12. The number of aryl methyl sites for hydroxylation is 2. The highest BCUT2D eigenvalue weighted by Gasteiger charge is 2.11. The van der Waals surface area contributed by atoms with Crippen LogP contribution in [0.4, 0.5) is 0 Å². The largest absolute Gasteiger partial charge is 0.410 e. The molecule has 1 aromatic carbocycles. The number of nitrogens with zero attached hydrogens (tertiary/aromatic N) is 2. The zero-order valence-electron chi connectivity index (χ0n) is 9.88. The average Bonchev–Trinajstić information content (AvgIpc) is 2.34. The van der Waals surface area contributed by atoms with E-state index in [4.69, 9.17) is 0 Å². The lowest BCUT2D eigenvalue weighted by Crippen LogP contribution is -2.07. The van der Waals surface area contributed by atoms with Crippen molar-refractivity contribution in [2.24, 2.45) is 5.16 Å². The summed E-state index contributed by atoms with van der Waals surface area (Å²) in [6.45, 7) is 4.03. The quantitative estimate of drug-likeness (QED) is 0.486. The fourth-order valence-corrected chi connectivity index (χ4v) is 1.83. The summed E-state index contributed by atoms with van der Waals surface area (Å²) in [5, 5.41) is 12.5. The summed E-state index contributed by atoms with van der Waals surface area (Å²) < 4.78 is 0. The van der Waals surface area contributed by atoms with E-state index in [9.17, 15) is 5.21 Å². The van der Waals surface area contributed by atoms with E-state index in [1.807, 2.05) is 44.2 Å². The molecular weight excluding hydrogens is 212 g/mol.